The number of aliphatic hydroxyl groups is 2. The number of rotatable bonds is 7. The van der Waals surface area contributed by atoms with E-state index in [0.29, 0.717) is 16.9 Å². The van der Waals surface area contributed by atoms with Gasteiger partial charge in [-0.3, -0.25) is 4.79 Å². The quantitative estimate of drug-likeness (QED) is 0.749. The second kappa shape index (κ2) is 8.81. The van der Waals surface area contributed by atoms with Crippen molar-refractivity contribution in [3.05, 3.63) is 35.4 Å². The van der Waals surface area contributed by atoms with Crippen LogP contribution >= 0.6 is 11.8 Å². The molecule has 0 aliphatic carbocycles. The smallest absolute Gasteiger partial charge is 0.338 e. The highest BCUT2D eigenvalue weighted by Crippen LogP contribution is 2.21. The lowest BCUT2D eigenvalue weighted by atomic mass is 10.0. The van der Waals surface area contributed by atoms with E-state index in [4.69, 9.17) is 4.74 Å². The highest BCUT2D eigenvalue weighted by molar-refractivity contribution is 8.13. The summed E-state index contributed by atoms with van der Waals surface area (Å²) < 4.78 is 4.89. The molecule has 0 saturated heterocycles. The summed E-state index contributed by atoms with van der Waals surface area (Å²) in [6, 6.07) is 6.35. The molecule has 116 valence electrons. The maximum atomic E-state index is 11.6. The Morgan fingerprint density at radius 1 is 1.33 bits per heavy atom. The Labute approximate surface area is 128 Å². The molecular weight excluding hydrogens is 292 g/mol. The van der Waals surface area contributed by atoms with E-state index < -0.39 is 18.2 Å². The number of hydrogen-bond donors (Lipinski definition) is 2. The van der Waals surface area contributed by atoms with Crippen LogP contribution in [0.1, 0.15) is 42.3 Å². The van der Waals surface area contributed by atoms with Gasteiger partial charge in [0.25, 0.3) is 0 Å². The first kappa shape index (κ1) is 17.7. The van der Waals surface area contributed by atoms with Gasteiger partial charge in [0.15, 0.2) is 5.12 Å². The van der Waals surface area contributed by atoms with E-state index in [-0.39, 0.29) is 18.1 Å². The number of carbonyl (C=O) groups is 2. The van der Waals surface area contributed by atoms with Gasteiger partial charge in [-0.25, -0.2) is 4.79 Å². The van der Waals surface area contributed by atoms with E-state index in [1.807, 2.05) is 0 Å². The molecule has 1 rings (SSSR count). The van der Waals surface area contributed by atoms with Crippen molar-refractivity contribution in [2.45, 2.75) is 32.5 Å². The molecule has 2 N–H and O–H groups in total. The SMILES string of the molecule is CCOC(=O)c1cccc(C(O)C(O)CCSC(C)=O)c1. The van der Waals surface area contributed by atoms with E-state index in [9.17, 15) is 19.8 Å². The summed E-state index contributed by atoms with van der Waals surface area (Å²) in [7, 11) is 0. The van der Waals surface area contributed by atoms with Gasteiger partial charge in [0.1, 0.15) is 6.10 Å². The van der Waals surface area contributed by atoms with Crippen LogP contribution < -0.4 is 0 Å². The molecule has 0 heterocycles. The molecule has 0 aliphatic rings. The molecule has 0 radical (unpaired) electrons. The number of benzene rings is 1. The lowest BCUT2D eigenvalue weighted by Gasteiger charge is -2.18. The van der Waals surface area contributed by atoms with Crippen molar-refractivity contribution in [2.24, 2.45) is 0 Å². The Kier molecular flexibility index (Phi) is 7.42. The molecule has 0 spiro atoms. The van der Waals surface area contributed by atoms with Gasteiger partial charge in [-0.1, -0.05) is 23.9 Å². The van der Waals surface area contributed by atoms with E-state index in [1.54, 1.807) is 25.1 Å². The van der Waals surface area contributed by atoms with E-state index >= 15 is 0 Å². The third kappa shape index (κ3) is 5.87. The van der Waals surface area contributed by atoms with E-state index in [0.717, 1.165) is 11.8 Å². The lowest BCUT2D eigenvalue weighted by Crippen LogP contribution is -2.19. The minimum atomic E-state index is -1.10. The molecule has 0 aromatic heterocycles. The fraction of sp³-hybridized carbons (Fsp3) is 0.467. The summed E-state index contributed by atoms with van der Waals surface area (Å²) in [4.78, 5) is 22.4. The van der Waals surface area contributed by atoms with Crippen LogP contribution in [0.5, 0.6) is 0 Å². The Bertz CT molecular complexity index is 489. The summed E-state index contributed by atoms with van der Waals surface area (Å²) in [6.45, 7) is 3.44. The number of hydrogen-bond acceptors (Lipinski definition) is 6. The van der Waals surface area contributed by atoms with Crippen molar-refractivity contribution < 1.29 is 24.5 Å². The Morgan fingerprint density at radius 2 is 2.05 bits per heavy atom. The Hall–Kier alpha value is -1.37. The fourth-order valence-electron chi connectivity index (χ4n) is 1.77. The van der Waals surface area contributed by atoms with Crippen molar-refractivity contribution in [3.63, 3.8) is 0 Å². The first-order valence-electron chi connectivity index (χ1n) is 6.72. The zero-order valence-electron chi connectivity index (χ0n) is 12.1. The van der Waals surface area contributed by atoms with Crippen molar-refractivity contribution >= 4 is 22.8 Å². The molecule has 2 unspecified atom stereocenters. The second-order valence-electron chi connectivity index (χ2n) is 4.49. The maximum absolute atomic E-state index is 11.6. The van der Waals surface area contributed by atoms with Gasteiger partial charge in [0.05, 0.1) is 18.3 Å². The lowest BCUT2D eigenvalue weighted by molar-refractivity contribution is -0.109. The van der Waals surface area contributed by atoms with E-state index in [1.165, 1.54) is 13.0 Å². The van der Waals surface area contributed by atoms with Gasteiger partial charge < -0.3 is 14.9 Å². The molecule has 2 atom stereocenters. The minimum absolute atomic E-state index is 0.0269. The maximum Gasteiger partial charge on any atom is 0.338 e. The molecule has 5 nitrogen and oxygen atoms in total. The van der Waals surface area contributed by atoms with Crippen molar-refractivity contribution in [1.29, 1.82) is 0 Å². The molecule has 0 amide bonds. The standard InChI is InChI=1S/C15H20O5S/c1-3-20-15(19)12-6-4-5-11(9-12)14(18)13(17)7-8-21-10(2)16/h4-6,9,13-14,17-18H,3,7-8H2,1-2H3. The topological polar surface area (TPSA) is 83.8 Å². The fourth-order valence-corrected chi connectivity index (χ4v) is 2.41. The van der Waals surface area contributed by atoms with Gasteiger partial charge in [-0.15, -0.1) is 0 Å². The number of ether oxygens (including phenoxy) is 1. The van der Waals surface area contributed by atoms with E-state index in [2.05, 4.69) is 0 Å². The number of carbonyl (C=O) groups excluding carboxylic acids is 2. The van der Waals surface area contributed by atoms with Crippen LogP contribution in [0, 0.1) is 0 Å². The normalized spacial score (nSPS) is 13.5. The van der Waals surface area contributed by atoms with Crippen molar-refractivity contribution in [3.8, 4) is 0 Å². The van der Waals surface area contributed by atoms with Gasteiger partial charge in [0, 0.05) is 12.7 Å². The monoisotopic (exact) mass is 312 g/mol. The van der Waals surface area contributed by atoms with Crippen LogP contribution in [0.2, 0.25) is 0 Å². The minimum Gasteiger partial charge on any atom is -0.462 e. The number of aliphatic hydroxyl groups excluding tert-OH is 2. The van der Waals surface area contributed by atoms with Crippen molar-refractivity contribution in [2.75, 3.05) is 12.4 Å². The predicted molar refractivity (Wildman–Crippen MR) is 81.1 cm³/mol. The highest BCUT2D eigenvalue weighted by atomic mass is 32.2. The average molecular weight is 312 g/mol. The molecule has 0 bridgehead atoms. The first-order valence-corrected chi connectivity index (χ1v) is 7.70. The Balaban J connectivity index is 2.68. The molecule has 1 aromatic carbocycles. The first-order chi connectivity index (χ1) is 9.95. The van der Waals surface area contributed by atoms with Crippen LogP contribution in [0.3, 0.4) is 0 Å². The largest absolute Gasteiger partial charge is 0.462 e. The molecular formula is C15H20O5S. The van der Waals surface area contributed by atoms with Crippen LogP contribution in [0.4, 0.5) is 0 Å². The summed E-state index contributed by atoms with van der Waals surface area (Å²) in [6.07, 6.45) is -1.81. The third-order valence-electron chi connectivity index (χ3n) is 2.82. The molecule has 0 aliphatic heterocycles. The van der Waals surface area contributed by atoms with Crippen LogP contribution in [-0.4, -0.2) is 39.8 Å². The van der Waals surface area contributed by atoms with Crippen LogP contribution in [0.15, 0.2) is 24.3 Å². The molecule has 0 fully saturated rings. The molecule has 6 heteroatoms. The zero-order chi connectivity index (χ0) is 15.8. The third-order valence-corrected chi connectivity index (χ3v) is 3.67. The summed E-state index contributed by atoms with van der Waals surface area (Å²) in [5.74, 6) is -0.0290. The predicted octanol–water partition coefficient (Wildman–Crippen LogP) is 1.93. The van der Waals surface area contributed by atoms with Gasteiger partial charge in [0.2, 0.25) is 0 Å². The summed E-state index contributed by atoms with van der Waals surface area (Å²) in [5.41, 5.74) is 0.777. The molecule has 1 aromatic rings. The highest BCUT2D eigenvalue weighted by Gasteiger charge is 2.19. The zero-order valence-corrected chi connectivity index (χ0v) is 12.9. The van der Waals surface area contributed by atoms with Gasteiger partial charge >= 0.3 is 5.97 Å². The second-order valence-corrected chi connectivity index (χ2v) is 5.76. The summed E-state index contributed by atoms with van der Waals surface area (Å²) >= 11 is 1.10. The van der Waals surface area contributed by atoms with Gasteiger partial charge in [-0.2, -0.15) is 0 Å². The summed E-state index contributed by atoms with van der Waals surface area (Å²) in [5, 5.41) is 20.0. The van der Waals surface area contributed by atoms with Crippen molar-refractivity contribution in [1.82, 2.24) is 0 Å². The van der Waals surface area contributed by atoms with Gasteiger partial charge in [-0.05, 0) is 31.0 Å². The number of esters is 1. The van der Waals surface area contributed by atoms with Crippen LogP contribution in [-0.2, 0) is 9.53 Å². The number of thioether (sulfide) groups is 1. The van der Waals surface area contributed by atoms with Crippen LogP contribution in [0.25, 0.3) is 0 Å². The Morgan fingerprint density at radius 3 is 2.67 bits per heavy atom. The molecule has 0 saturated carbocycles. The molecule has 21 heavy (non-hydrogen) atoms. The average Bonchev–Trinajstić information content (AvgIpc) is 2.46.